The number of fused-ring (bicyclic) bond motifs is 4. The number of amides is 1. The Morgan fingerprint density at radius 1 is 1.20 bits per heavy atom. The fraction of sp³-hybridized carbons (Fsp3) is 0.290. The Morgan fingerprint density at radius 2 is 2.02 bits per heavy atom. The largest absolute Gasteiger partial charge is 0.512 e. The summed E-state index contributed by atoms with van der Waals surface area (Å²) in [5, 5.41) is 0. The first-order valence-electron chi connectivity index (χ1n) is 14.0. The summed E-state index contributed by atoms with van der Waals surface area (Å²) < 4.78 is 55.8. The van der Waals surface area contributed by atoms with Gasteiger partial charge in [0.1, 0.15) is 12.3 Å². The second-order valence-corrected chi connectivity index (χ2v) is 11.4. The number of carbonyl (C=O) groups is 3. The summed E-state index contributed by atoms with van der Waals surface area (Å²) in [5.74, 6) is -3.28. The Balaban J connectivity index is 1.25. The minimum atomic E-state index is -1.42. The lowest BCUT2D eigenvalue weighted by molar-refractivity contribution is -0.149. The summed E-state index contributed by atoms with van der Waals surface area (Å²) in [6.07, 6.45) is -1.34. The number of esters is 1. The molecule has 0 aliphatic carbocycles. The van der Waals surface area contributed by atoms with Crippen LogP contribution in [0.25, 0.3) is 0 Å². The summed E-state index contributed by atoms with van der Waals surface area (Å²) in [7, 11) is 1.10. The maximum atomic E-state index is 14.7. The number of carbonyl (C=O) groups excluding carboxylic acids is 3. The maximum Gasteiger partial charge on any atom is 0.512 e. The fourth-order valence-electron chi connectivity index (χ4n) is 5.59. The first-order chi connectivity index (χ1) is 22.2. The van der Waals surface area contributed by atoms with Gasteiger partial charge in [-0.3, -0.25) is 14.3 Å². The van der Waals surface area contributed by atoms with Crippen LogP contribution in [0.2, 0.25) is 0 Å². The van der Waals surface area contributed by atoms with Crippen LogP contribution in [0.3, 0.4) is 0 Å². The van der Waals surface area contributed by atoms with Gasteiger partial charge in [-0.05, 0) is 41.3 Å². The van der Waals surface area contributed by atoms with Crippen LogP contribution >= 0.6 is 11.8 Å². The third-order valence-electron chi connectivity index (χ3n) is 7.80. The molecule has 6 rings (SSSR count). The number of rotatable bonds is 7. The molecule has 3 aliphatic heterocycles. The van der Waals surface area contributed by atoms with Crippen LogP contribution in [0.15, 0.2) is 64.9 Å². The molecule has 1 saturated heterocycles. The number of benzene rings is 2. The van der Waals surface area contributed by atoms with Crippen molar-refractivity contribution < 1.29 is 46.8 Å². The van der Waals surface area contributed by atoms with E-state index in [1.165, 1.54) is 33.6 Å². The highest BCUT2D eigenvalue weighted by Crippen LogP contribution is 2.41. The topological polar surface area (TPSA) is 135 Å². The molecule has 0 saturated carbocycles. The molecule has 46 heavy (non-hydrogen) atoms. The molecule has 15 heteroatoms. The highest BCUT2D eigenvalue weighted by molar-refractivity contribution is 7.98. The van der Waals surface area contributed by atoms with Crippen molar-refractivity contribution in [3.63, 3.8) is 0 Å². The van der Waals surface area contributed by atoms with Crippen molar-refractivity contribution in [1.82, 2.24) is 9.58 Å². The Labute approximate surface area is 264 Å². The Kier molecular flexibility index (Phi) is 8.69. The molecule has 1 aromatic heterocycles. The van der Waals surface area contributed by atoms with Crippen molar-refractivity contribution in [2.24, 2.45) is 0 Å². The predicted octanol–water partition coefficient (Wildman–Crippen LogP) is 3.64. The quantitative estimate of drug-likeness (QED) is 0.227. The Bertz CT molecular complexity index is 1800. The standard InChI is InChI=1S/C31H27F2N3O9S/c1-3-22(30(39)41-2)45-31(40)44-15-43-27-21(37)9-10-36-25(27)29(38)35-11-12-42-26(28(35)34-36)17-5-4-6-23-18(17)13-16-7-8-20(32)24(33)19(16)14-46-23/h3-10,22,26,28,34H,1,11-15H2,2H3/t22-,26-,28-/m0/s1. The van der Waals surface area contributed by atoms with Gasteiger partial charge in [0, 0.05) is 35.0 Å². The van der Waals surface area contributed by atoms with Crippen molar-refractivity contribution in [2.75, 3.05) is 32.5 Å². The van der Waals surface area contributed by atoms with Crippen LogP contribution in [-0.2, 0) is 35.9 Å². The predicted molar refractivity (Wildman–Crippen MR) is 158 cm³/mol. The molecule has 12 nitrogen and oxygen atoms in total. The summed E-state index contributed by atoms with van der Waals surface area (Å²) >= 11 is 1.40. The number of nitrogens with one attached hydrogen (secondary N) is 1. The van der Waals surface area contributed by atoms with E-state index in [9.17, 15) is 28.0 Å². The highest BCUT2D eigenvalue weighted by Gasteiger charge is 2.43. The maximum absolute atomic E-state index is 14.7. The van der Waals surface area contributed by atoms with Crippen molar-refractivity contribution in [2.45, 2.75) is 35.4 Å². The van der Waals surface area contributed by atoms with Crippen LogP contribution in [-0.4, -0.2) is 66.9 Å². The number of thioether (sulfide) groups is 1. The van der Waals surface area contributed by atoms with Gasteiger partial charge in [0.2, 0.25) is 24.1 Å². The molecule has 1 amide bonds. The molecule has 0 spiro atoms. The van der Waals surface area contributed by atoms with Crippen LogP contribution in [0.4, 0.5) is 13.6 Å². The van der Waals surface area contributed by atoms with Crippen LogP contribution in [0, 0.1) is 11.6 Å². The van der Waals surface area contributed by atoms with E-state index < -0.39 is 60.3 Å². The number of aromatic nitrogens is 1. The molecule has 2 aromatic carbocycles. The van der Waals surface area contributed by atoms with Crippen molar-refractivity contribution in [3.05, 3.63) is 105 Å². The van der Waals surface area contributed by atoms with Crippen LogP contribution < -0.4 is 15.6 Å². The van der Waals surface area contributed by atoms with Gasteiger partial charge in [0.15, 0.2) is 17.3 Å². The average molecular weight is 656 g/mol. The number of nitrogens with zero attached hydrogens (tertiary/aromatic N) is 2. The normalized spacial score (nSPS) is 18.8. The molecule has 1 fully saturated rings. The van der Waals surface area contributed by atoms with Crippen LogP contribution in [0.1, 0.15) is 38.8 Å². The van der Waals surface area contributed by atoms with E-state index in [0.29, 0.717) is 17.5 Å². The van der Waals surface area contributed by atoms with Gasteiger partial charge in [-0.15, -0.1) is 11.8 Å². The van der Waals surface area contributed by atoms with E-state index in [1.54, 1.807) is 6.07 Å². The third kappa shape index (κ3) is 5.67. The molecular formula is C31H27F2N3O9S. The first kappa shape index (κ1) is 31.1. The fourth-order valence-corrected chi connectivity index (χ4v) is 6.74. The number of pyridine rings is 1. The molecular weight excluding hydrogens is 628 g/mol. The number of methoxy groups -OCH3 is 1. The SMILES string of the molecule is C=C[C@H](OC(=O)OCOc1c2n(ccc1=O)N[C@@H]1[C@H](c3cccc4c3Cc3ccc(F)c(F)c3CS4)OCCN1C2=O)C(=O)OC. The van der Waals surface area contributed by atoms with E-state index in [4.69, 9.17) is 18.9 Å². The third-order valence-corrected chi connectivity index (χ3v) is 8.93. The average Bonchev–Trinajstić information content (AvgIpc) is 3.26. The zero-order chi connectivity index (χ0) is 32.5. The molecule has 240 valence electrons. The number of ether oxygens (including phenoxy) is 5. The van der Waals surface area contributed by atoms with Gasteiger partial charge in [-0.25, -0.2) is 18.4 Å². The molecule has 3 atom stereocenters. The van der Waals surface area contributed by atoms with Crippen molar-refractivity contribution >= 4 is 29.8 Å². The van der Waals surface area contributed by atoms with Crippen LogP contribution in [0.5, 0.6) is 5.75 Å². The molecule has 4 heterocycles. The monoisotopic (exact) mass is 655 g/mol. The van der Waals surface area contributed by atoms with Gasteiger partial charge in [0.25, 0.3) is 5.91 Å². The van der Waals surface area contributed by atoms with Gasteiger partial charge in [-0.1, -0.05) is 24.8 Å². The summed E-state index contributed by atoms with van der Waals surface area (Å²) in [6.45, 7) is 2.94. The van der Waals surface area contributed by atoms with Gasteiger partial charge >= 0.3 is 12.1 Å². The van der Waals surface area contributed by atoms with E-state index in [0.717, 1.165) is 35.3 Å². The molecule has 0 radical (unpaired) electrons. The zero-order valence-electron chi connectivity index (χ0n) is 24.3. The van der Waals surface area contributed by atoms with Gasteiger partial charge in [-0.2, -0.15) is 0 Å². The van der Waals surface area contributed by atoms with E-state index in [1.807, 2.05) is 18.2 Å². The van der Waals surface area contributed by atoms with Gasteiger partial charge < -0.3 is 34.0 Å². The first-order valence-corrected chi connectivity index (χ1v) is 15.0. The van der Waals surface area contributed by atoms with E-state index >= 15 is 0 Å². The number of morpholine rings is 1. The number of hydrogen-bond acceptors (Lipinski definition) is 11. The van der Waals surface area contributed by atoms with Crippen molar-refractivity contribution in [1.29, 1.82) is 0 Å². The molecule has 3 aromatic rings. The summed E-state index contributed by atoms with van der Waals surface area (Å²) in [4.78, 5) is 52.7. The molecule has 0 bridgehead atoms. The molecule has 0 unspecified atom stereocenters. The Morgan fingerprint density at radius 3 is 2.80 bits per heavy atom. The Hall–Kier alpha value is -4.89. The number of halogens is 2. The summed E-state index contributed by atoms with van der Waals surface area (Å²) in [5.41, 5.74) is 5.08. The minimum Gasteiger partial charge on any atom is -0.466 e. The van der Waals surface area contributed by atoms with E-state index in [-0.39, 0.29) is 30.3 Å². The summed E-state index contributed by atoms with van der Waals surface area (Å²) in [6, 6.07) is 9.53. The number of hydrogen-bond donors (Lipinski definition) is 1. The second-order valence-electron chi connectivity index (χ2n) is 10.3. The second kappa shape index (κ2) is 12.8. The van der Waals surface area contributed by atoms with E-state index in [2.05, 4.69) is 16.7 Å². The van der Waals surface area contributed by atoms with Gasteiger partial charge in [0.05, 0.1) is 13.7 Å². The zero-order valence-corrected chi connectivity index (χ0v) is 25.1. The highest BCUT2D eigenvalue weighted by atomic mass is 32.2. The molecule has 1 N–H and O–H groups in total. The van der Waals surface area contributed by atoms with Crippen molar-refractivity contribution in [3.8, 4) is 5.75 Å². The lowest BCUT2D eigenvalue weighted by atomic mass is 9.92. The lowest BCUT2D eigenvalue weighted by Crippen LogP contribution is -2.60. The molecule has 3 aliphatic rings. The smallest absolute Gasteiger partial charge is 0.466 e. The lowest BCUT2D eigenvalue weighted by Gasteiger charge is -2.46. The minimum absolute atomic E-state index is 0.131.